The first-order chi connectivity index (χ1) is 8.66. The number of nitrogens with zero attached hydrogens (tertiary/aromatic N) is 2. The zero-order valence-corrected chi connectivity index (χ0v) is 9.09. The van der Waals surface area contributed by atoms with Gasteiger partial charge >= 0.3 is 0 Å². The first-order valence-electron chi connectivity index (χ1n) is 5.22. The summed E-state index contributed by atoms with van der Waals surface area (Å²) in [6.07, 6.45) is 1.43. The molecule has 0 radical (unpaired) electrons. The van der Waals surface area contributed by atoms with E-state index < -0.39 is 17.5 Å². The molecule has 0 bridgehead atoms. The SMILES string of the molecule is O=C1C(=O)N(Cc2ccno2)c2cc(F)ccc21. The Balaban J connectivity index is 2.03. The number of carbonyl (C=O) groups excluding carboxylic acids is 2. The van der Waals surface area contributed by atoms with Crippen molar-refractivity contribution in [1.82, 2.24) is 5.16 Å². The van der Waals surface area contributed by atoms with Gasteiger partial charge in [-0.15, -0.1) is 0 Å². The number of carbonyl (C=O) groups is 2. The number of fused-ring (bicyclic) bond motifs is 1. The summed E-state index contributed by atoms with van der Waals surface area (Å²) in [5.74, 6) is -1.40. The van der Waals surface area contributed by atoms with E-state index in [9.17, 15) is 14.0 Å². The number of amides is 1. The maximum Gasteiger partial charge on any atom is 0.299 e. The van der Waals surface area contributed by atoms with Gasteiger partial charge in [-0.2, -0.15) is 0 Å². The van der Waals surface area contributed by atoms with Crippen molar-refractivity contribution in [2.24, 2.45) is 0 Å². The second-order valence-electron chi connectivity index (χ2n) is 3.86. The largest absolute Gasteiger partial charge is 0.359 e. The molecule has 2 aromatic rings. The molecular formula is C12H7FN2O3. The van der Waals surface area contributed by atoms with Crippen LogP contribution in [0.15, 0.2) is 35.0 Å². The van der Waals surface area contributed by atoms with Crippen LogP contribution in [0.3, 0.4) is 0 Å². The van der Waals surface area contributed by atoms with Crippen LogP contribution in [0.25, 0.3) is 0 Å². The van der Waals surface area contributed by atoms with E-state index in [1.807, 2.05) is 0 Å². The summed E-state index contributed by atoms with van der Waals surface area (Å²) in [4.78, 5) is 24.7. The topological polar surface area (TPSA) is 63.4 Å². The highest BCUT2D eigenvalue weighted by Crippen LogP contribution is 2.30. The Morgan fingerprint density at radius 2 is 2.11 bits per heavy atom. The molecule has 0 spiro atoms. The van der Waals surface area contributed by atoms with Crippen LogP contribution in [0.4, 0.5) is 10.1 Å². The fraction of sp³-hybridized carbons (Fsp3) is 0.0833. The number of aromatic nitrogens is 1. The Kier molecular flexibility index (Phi) is 2.22. The molecule has 0 N–H and O–H groups in total. The number of halogens is 1. The molecule has 2 heterocycles. The fourth-order valence-electron chi connectivity index (χ4n) is 1.90. The Morgan fingerprint density at radius 3 is 2.83 bits per heavy atom. The number of anilines is 1. The smallest absolute Gasteiger partial charge is 0.299 e. The number of ketones is 1. The lowest BCUT2D eigenvalue weighted by Crippen LogP contribution is -2.28. The minimum Gasteiger partial charge on any atom is -0.359 e. The van der Waals surface area contributed by atoms with Gasteiger partial charge in [0.05, 0.1) is 24.0 Å². The van der Waals surface area contributed by atoms with Gasteiger partial charge in [-0.05, 0) is 18.2 Å². The molecule has 1 aromatic heterocycles. The van der Waals surface area contributed by atoms with E-state index in [2.05, 4.69) is 5.16 Å². The molecule has 0 saturated heterocycles. The zero-order chi connectivity index (χ0) is 12.7. The van der Waals surface area contributed by atoms with Gasteiger partial charge in [-0.3, -0.25) is 14.5 Å². The normalized spacial score (nSPS) is 14.2. The van der Waals surface area contributed by atoms with Gasteiger partial charge in [0.1, 0.15) is 5.82 Å². The predicted molar refractivity (Wildman–Crippen MR) is 58.4 cm³/mol. The van der Waals surface area contributed by atoms with Crippen molar-refractivity contribution in [2.45, 2.75) is 6.54 Å². The average Bonchev–Trinajstić information content (AvgIpc) is 2.93. The summed E-state index contributed by atoms with van der Waals surface area (Å²) in [6, 6.07) is 5.21. The Hall–Kier alpha value is -2.50. The third-order valence-electron chi connectivity index (χ3n) is 2.74. The van der Waals surface area contributed by atoms with E-state index >= 15 is 0 Å². The van der Waals surface area contributed by atoms with Crippen molar-refractivity contribution in [3.63, 3.8) is 0 Å². The van der Waals surface area contributed by atoms with E-state index in [1.54, 1.807) is 6.07 Å². The minimum absolute atomic E-state index is 0.0566. The van der Waals surface area contributed by atoms with Crippen molar-refractivity contribution in [2.75, 3.05) is 4.90 Å². The van der Waals surface area contributed by atoms with E-state index in [4.69, 9.17) is 4.52 Å². The standard InChI is InChI=1S/C12H7FN2O3/c13-7-1-2-9-10(5-7)15(12(17)11(9)16)6-8-3-4-14-18-8/h1-5H,6H2. The Morgan fingerprint density at radius 1 is 1.28 bits per heavy atom. The molecule has 6 heteroatoms. The lowest BCUT2D eigenvalue weighted by Gasteiger charge is -2.14. The number of hydrogen-bond donors (Lipinski definition) is 0. The summed E-state index contributed by atoms with van der Waals surface area (Å²) in [6.45, 7) is 0.0566. The van der Waals surface area contributed by atoms with Crippen molar-refractivity contribution in [3.8, 4) is 0 Å². The van der Waals surface area contributed by atoms with Crippen molar-refractivity contribution in [1.29, 1.82) is 0 Å². The average molecular weight is 246 g/mol. The molecule has 18 heavy (non-hydrogen) atoms. The molecule has 90 valence electrons. The molecule has 0 fully saturated rings. The second kappa shape index (κ2) is 3.76. The van der Waals surface area contributed by atoms with Crippen LogP contribution in [0.5, 0.6) is 0 Å². The first kappa shape index (κ1) is 10.6. The molecule has 1 aliphatic heterocycles. The summed E-state index contributed by atoms with van der Waals surface area (Å²) >= 11 is 0. The molecule has 1 aromatic carbocycles. The number of benzene rings is 1. The molecule has 0 unspecified atom stereocenters. The van der Waals surface area contributed by atoms with Crippen molar-refractivity contribution in [3.05, 3.63) is 47.6 Å². The van der Waals surface area contributed by atoms with Gasteiger partial charge in [-0.25, -0.2) is 4.39 Å². The summed E-state index contributed by atoms with van der Waals surface area (Å²) in [7, 11) is 0. The van der Waals surface area contributed by atoms with Crippen LogP contribution in [-0.4, -0.2) is 16.8 Å². The molecule has 0 atom stereocenters. The third-order valence-corrected chi connectivity index (χ3v) is 2.74. The van der Waals surface area contributed by atoms with Crippen molar-refractivity contribution < 1.29 is 18.5 Å². The van der Waals surface area contributed by atoms with Crippen molar-refractivity contribution >= 4 is 17.4 Å². The third kappa shape index (κ3) is 1.50. The monoisotopic (exact) mass is 246 g/mol. The quantitative estimate of drug-likeness (QED) is 0.754. The number of hydrogen-bond acceptors (Lipinski definition) is 4. The molecule has 1 aliphatic rings. The van der Waals surface area contributed by atoms with Crippen LogP contribution in [0, 0.1) is 5.82 Å². The predicted octanol–water partition coefficient (Wildman–Crippen LogP) is 1.54. The van der Waals surface area contributed by atoms with E-state index in [0.29, 0.717) is 5.76 Å². The van der Waals surface area contributed by atoms with Gasteiger partial charge in [-0.1, -0.05) is 5.16 Å². The van der Waals surface area contributed by atoms with Gasteiger partial charge < -0.3 is 4.52 Å². The molecule has 5 nitrogen and oxygen atoms in total. The van der Waals surface area contributed by atoms with E-state index in [-0.39, 0.29) is 17.8 Å². The molecule has 0 aliphatic carbocycles. The summed E-state index contributed by atoms with van der Waals surface area (Å²) in [5, 5.41) is 3.51. The van der Waals surface area contributed by atoms with Gasteiger partial charge in [0.25, 0.3) is 11.7 Å². The first-order valence-corrected chi connectivity index (χ1v) is 5.22. The van der Waals surface area contributed by atoms with Crippen LogP contribution in [0.2, 0.25) is 0 Å². The highest BCUT2D eigenvalue weighted by molar-refractivity contribution is 6.52. The molecule has 1 amide bonds. The van der Waals surface area contributed by atoms with E-state index in [1.165, 1.54) is 17.2 Å². The number of Topliss-reactive ketones (excluding diaryl/α,β-unsaturated/α-hetero) is 1. The fourth-order valence-corrected chi connectivity index (χ4v) is 1.90. The molecule has 0 saturated carbocycles. The minimum atomic E-state index is -0.688. The summed E-state index contributed by atoms with van der Waals surface area (Å²) in [5.41, 5.74) is 0.474. The maximum absolute atomic E-state index is 13.2. The van der Waals surface area contributed by atoms with Crippen LogP contribution in [-0.2, 0) is 11.3 Å². The Labute approximate surface area is 101 Å². The van der Waals surface area contributed by atoms with Gasteiger partial charge in [0, 0.05) is 6.07 Å². The lowest BCUT2D eigenvalue weighted by molar-refractivity contribution is -0.114. The summed E-state index contributed by atoms with van der Waals surface area (Å²) < 4.78 is 18.1. The zero-order valence-electron chi connectivity index (χ0n) is 9.09. The Bertz CT molecular complexity index is 637. The number of rotatable bonds is 2. The van der Waals surface area contributed by atoms with Gasteiger partial charge in [0.15, 0.2) is 5.76 Å². The maximum atomic E-state index is 13.2. The van der Waals surface area contributed by atoms with Crippen LogP contribution < -0.4 is 4.90 Å². The molecular weight excluding hydrogens is 239 g/mol. The second-order valence-corrected chi connectivity index (χ2v) is 3.86. The van der Waals surface area contributed by atoms with Crippen LogP contribution in [0.1, 0.15) is 16.1 Å². The van der Waals surface area contributed by atoms with E-state index in [0.717, 1.165) is 12.1 Å². The van der Waals surface area contributed by atoms with Gasteiger partial charge in [0.2, 0.25) is 0 Å². The molecule has 3 rings (SSSR count). The highest BCUT2D eigenvalue weighted by Gasteiger charge is 2.36. The highest BCUT2D eigenvalue weighted by atomic mass is 19.1. The lowest BCUT2D eigenvalue weighted by atomic mass is 10.1. The van der Waals surface area contributed by atoms with Crippen LogP contribution >= 0.6 is 0 Å².